The molecule has 0 aromatic heterocycles. The van der Waals surface area contributed by atoms with Crippen molar-refractivity contribution in [3.8, 4) is 0 Å². The third-order valence-corrected chi connectivity index (χ3v) is 7.08. The van der Waals surface area contributed by atoms with Crippen LogP contribution < -0.4 is 0 Å². The van der Waals surface area contributed by atoms with Gasteiger partial charge in [-0.1, -0.05) is 122 Å². The van der Waals surface area contributed by atoms with E-state index in [1.807, 2.05) is 0 Å². The zero-order valence-electron chi connectivity index (χ0n) is 20.9. The van der Waals surface area contributed by atoms with Crippen LogP contribution in [0.4, 0.5) is 0 Å². The fraction of sp³-hybridized carbons (Fsp3) is 0.846. The summed E-state index contributed by atoms with van der Waals surface area (Å²) in [6.45, 7) is 0. The van der Waals surface area contributed by atoms with Gasteiger partial charge in [-0.3, -0.25) is 19.8 Å². The van der Waals surface area contributed by atoms with E-state index in [1.54, 1.807) is 0 Å². The minimum atomic E-state index is -0.667. The lowest BCUT2D eigenvalue weighted by molar-refractivity contribution is -0.159. The average Bonchev–Trinajstić information content (AvgIpc) is 2.80. The van der Waals surface area contributed by atoms with Crippen molar-refractivity contribution in [2.75, 3.05) is 8.86 Å². The second kappa shape index (κ2) is 25.8. The predicted molar refractivity (Wildman–Crippen MR) is 155 cm³/mol. The molecule has 1 N–H and O–H groups in total. The van der Waals surface area contributed by atoms with Gasteiger partial charge >= 0.3 is 17.9 Å². The van der Waals surface area contributed by atoms with Gasteiger partial charge < -0.3 is 9.47 Å². The lowest BCUT2D eigenvalue weighted by atomic mass is 10.1. The Labute approximate surface area is 234 Å². The van der Waals surface area contributed by atoms with Gasteiger partial charge in [0.15, 0.2) is 5.90 Å². The number of halogens is 2. The van der Waals surface area contributed by atoms with E-state index in [2.05, 4.69) is 45.2 Å². The van der Waals surface area contributed by atoms with Crippen LogP contribution in [0.1, 0.15) is 128 Å². The van der Waals surface area contributed by atoms with Gasteiger partial charge in [-0.05, 0) is 34.5 Å². The molecule has 34 heavy (non-hydrogen) atoms. The van der Waals surface area contributed by atoms with Crippen LogP contribution in [0.25, 0.3) is 0 Å². The zero-order chi connectivity index (χ0) is 25.3. The molecule has 0 aliphatic carbocycles. The van der Waals surface area contributed by atoms with E-state index in [1.165, 1.54) is 73.1 Å². The fourth-order valence-electron chi connectivity index (χ4n) is 3.53. The molecule has 0 amide bonds. The van der Waals surface area contributed by atoms with Crippen LogP contribution in [0.15, 0.2) is 0 Å². The number of unbranched alkanes of at least 4 members (excludes halogenated alkanes) is 14. The van der Waals surface area contributed by atoms with Crippen LogP contribution in [0.2, 0.25) is 0 Å². The van der Waals surface area contributed by atoms with E-state index in [0.717, 1.165) is 38.5 Å². The van der Waals surface area contributed by atoms with E-state index >= 15 is 0 Å². The Morgan fingerprint density at radius 2 is 0.765 bits per heavy atom. The topological polar surface area (TPSA) is 93.5 Å². The monoisotopic (exact) mass is 705 g/mol. The summed E-state index contributed by atoms with van der Waals surface area (Å²) in [5.74, 6) is -1.86. The van der Waals surface area contributed by atoms with E-state index in [-0.39, 0.29) is 25.2 Å². The molecule has 0 saturated carbocycles. The molecule has 0 atom stereocenters. The van der Waals surface area contributed by atoms with Crippen molar-refractivity contribution >= 4 is 69.0 Å². The summed E-state index contributed by atoms with van der Waals surface area (Å²) in [5.41, 5.74) is 0. The SMILES string of the molecule is N=C(CCC(=O)OC(=O)CCCCCCCCCCI)OC(=O)CCCCCCCCCCI. The van der Waals surface area contributed by atoms with E-state index < -0.39 is 17.9 Å². The van der Waals surface area contributed by atoms with Crippen LogP contribution in [-0.4, -0.2) is 32.7 Å². The van der Waals surface area contributed by atoms with Crippen LogP contribution >= 0.6 is 45.2 Å². The van der Waals surface area contributed by atoms with Gasteiger partial charge in [0.1, 0.15) is 0 Å². The number of esters is 3. The number of nitrogens with one attached hydrogen (secondary N) is 1. The predicted octanol–water partition coefficient (Wildman–Crippen LogP) is 8.25. The molecule has 0 saturated heterocycles. The third kappa shape index (κ3) is 24.9. The molecule has 0 radical (unpaired) electrons. The first-order chi connectivity index (χ1) is 16.5. The molecule has 0 unspecified atom stereocenters. The molecular formula is C26H45I2NO5. The van der Waals surface area contributed by atoms with Crippen molar-refractivity contribution < 1.29 is 23.9 Å². The van der Waals surface area contributed by atoms with Crippen LogP contribution in [-0.2, 0) is 23.9 Å². The van der Waals surface area contributed by atoms with Gasteiger partial charge in [-0.2, -0.15) is 0 Å². The fourth-order valence-corrected chi connectivity index (χ4v) is 4.61. The molecule has 0 bridgehead atoms. The van der Waals surface area contributed by atoms with Gasteiger partial charge in [-0.25, -0.2) is 0 Å². The Balaban J connectivity index is 3.61. The van der Waals surface area contributed by atoms with Crippen LogP contribution in [0.3, 0.4) is 0 Å². The highest BCUT2D eigenvalue weighted by atomic mass is 127. The third-order valence-electron chi connectivity index (χ3n) is 5.55. The lowest BCUT2D eigenvalue weighted by Crippen LogP contribution is -2.16. The maximum atomic E-state index is 11.8. The summed E-state index contributed by atoms with van der Waals surface area (Å²) in [4.78, 5) is 35.3. The minimum Gasteiger partial charge on any atom is -0.412 e. The number of rotatable bonds is 23. The molecule has 0 rings (SSSR count). The quantitative estimate of drug-likeness (QED) is 0.0220. The largest absolute Gasteiger partial charge is 0.412 e. The smallest absolute Gasteiger partial charge is 0.313 e. The summed E-state index contributed by atoms with van der Waals surface area (Å²) < 4.78 is 12.2. The van der Waals surface area contributed by atoms with Crippen molar-refractivity contribution in [3.63, 3.8) is 0 Å². The van der Waals surface area contributed by atoms with Crippen LogP contribution in [0, 0.1) is 5.41 Å². The molecular weight excluding hydrogens is 660 g/mol. The Hall–Kier alpha value is -0.260. The first kappa shape index (κ1) is 33.7. The molecule has 6 nitrogen and oxygen atoms in total. The summed E-state index contributed by atoms with van der Waals surface area (Å²) in [7, 11) is 0. The average molecular weight is 705 g/mol. The highest BCUT2D eigenvalue weighted by Gasteiger charge is 2.13. The first-order valence-corrected chi connectivity index (χ1v) is 16.2. The standard InChI is InChI=1S/C26H45I2NO5/c27-21-15-11-7-3-1-5-9-13-17-24(30)33-23(29)19-20-26(32)34-25(31)18-14-10-6-2-4-8-12-16-22-28/h29H,1-22H2. The molecule has 0 aliphatic heterocycles. The molecule has 0 aromatic rings. The number of ether oxygens (including phenoxy) is 2. The number of hydrogen-bond acceptors (Lipinski definition) is 6. The van der Waals surface area contributed by atoms with E-state index in [4.69, 9.17) is 14.9 Å². The Kier molecular flexibility index (Phi) is 25.6. The first-order valence-electron chi connectivity index (χ1n) is 13.1. The number of carbonyl (C=O) groups excluding carboxylic acids is 3. The lowest BCUT2D eigenvalue weighted by Gasteiger charge is -2.06. The maximum Gasteiger partial charge on any atom is 0.313 e. The van der Waals surface area contributed by atoms with E-state index in [9.17, 15) is 14.4 Å². The van der Waals surface area contributed by atoms with Crippen molar-refractivity contribution in [2.45, 2.75) is 128 Å². The molecule has 0 fully saturated rings. The molecule has 0 aromatic carbocycles. The highest BCUT2D eigenvalue weighted by Crippen LogP contribution is 2.12. The summed E-state index contributed by atoms with van der Waals surface area (Å²) in [5, 5.41) is 7.71. The maximum absolute atomic E-state index is 11.8. The summed E-state index contributed by atoms with van der Waals surface area (Å²) in [6, 6.07) is 0. The van der Waals surface area contributed by atoms with Crippen LogP contribution in [0.5, 0.6) is 0 Å². The Morgan fingerprint density at radius 3 is 1.18 bits per heavy atom. The molecule has 0 spiro atoms. The van der Waals surface area contributed by atoms with Crippen molar-refractivity contribution in [3.05, 3.63) is 0 Å². The molecule has 0 heterocycles. The van der Waals surface area contributed by atoms with E-state index in [0.29, 0.717) is 6.42 Å². The second-order valence-corrected chi connectivity index (χ2v) is 10.9. The van der Waals surface area contributed by atoms with Gasteiger partial charge in [0.05, 0.1) is 6.42 Å². The second-order valence-electron chi connectivity index (χ2n) is 8.78. The molecule has 8 heteroatoms. The Morgan fingerprint density at radius 1 is 0.441 bits per heavy atom. The zero-order valence-corrected chi connectivity index (χ0v) is 25.2. The molecule has 198 valence electrons. The van der Waals surface area contributed by atoms with Gasteiger partial charge in [0.2, 0.25) is 0 Å². The van der Waals surface area contributed by atoms with Crippen molar-refractivity contribution in [2.24, 2.45) is 0 Å². The number of hydrogen-bond donors (Lipinski definition) is 1. The van der Waals surface area contributed by atoms with Gasteiger partial charge in [0.25, 0.3) is 0 Å². The normalized spacial score (nSPS) is 10.8. The van der Waals surface area contributed by atoms with Crippen molar-refractivity contribution in [1.82, 2.24) is 0 Å². The van der Waals surface area contributed by atoms with Gasteiger partial charge in [0, 0.05) is 19.3 Å². The number of alkyl halides is 2. The number of carbonyl (C=O) groups is 3. The summed E-state index contributed by atoms with van der Waals surface area (Å²) >= 11 is 4.81. The van der Waals surface area contributed by atoms with Gasteiger partial charge in [-0.15, -0.1) is 0 Å². The minimum absolute atomic E-state index is 0.0351. The Bertz CT molecular complexity index is 509. The summed E-state index contributed by atoms with van der Waals surface area (Å²) in [6.07, 6.45) is 18.7. The highest BCUT2D eigenvalue weighted by molar-refractivity contribution is 14.1. The molecule has 0 aliphatic rings. The van der Waals surface area contributed by atoms with Crippen molar-refractivity contribution in [1.29, 1.82) is 5.41 Å².